The Morgan fingerprint density at radius 3 is 2.86 bits per heavy atom. The van der Waals surface area contributed by atoms with E-state index in [1.165, 1.54) is 18.4 Å². The van der Waals surface area contributed by atoms with E-state index in [4.69, 9.17) is 10.5 Å². The van der Waals surface area contributed by atoms with E-state index in [0.29, 0.717) is 27.9 Å². The van der Waals surface area contributed by atoms with Gasteiger partial charge in [0.15, 0.2) is 6.23 Å². The fraction of sp³-hybridized carbons (Fsp3) is 0.200. The van der Waals surface area contributed by atoms with Gasteiger partial charge in [-0.25, -0.2) is 14.8 Å². The molecule has 3 rings (SSSR count). The minimum Gasteiger partial charge on any atom is -0.398 e. The van der Waals surface area contributed by atoms with E-state index in [-0.39, 0.29) is 0 Å². The summed E-state index contributed by atoms with van der Waals surface area (Å²) < 4.78 is 5.30. The number of anilines is 1. The summed E-state index contributed by atoms with van der Waals surface area (Å²) in [6.07, 6.45) is -0.686. The molecule has 1 aliphatic rings. The number of nitrogen functional groups attached to an aromatic ring is 1. The number of aromatic nitrogens is 1. The Balaban J connectivity index is 2.49. The van der Waals surface area contributed by atoms with Crippen LogP contribution in [-0.2, 0) is 9.53 Å². The van der Waals surface area contributed by atoms with Crippen LogP contribution in [0.4, 0.5) is 5.69 Å². The number of ether oxygens (including phenoxy) is 1. The summed E-state index contributed by atoms with van der Waals surface area (Å²) in [7, 11) is 1.51. The van der Waals surface area contributed by atoms with Gasteiger partial charge in [0, 0.05) is 29.0 Å². The predicted molar refractivity (Wildman–Crippen MR) is 81.0 cm³/mol. The lowest BCUT2D eigenvalue weighted by atomic mass is 9.97. The van der Waals surface area contributed by atoms with Crippen LogP contribution in [0, 0.1) is 6.92 Å². The quantitative estimate of drug-likeness (QED) is 0.650. The first kappa shape index (κ1) is 13.7. The molecule has 0 fully saturated rings. The van der Waals surface area contributed by atoms with Gasteiger partial charge in [0.05, 0.1) is 21.6 Å². The fourth-order valence-corrected chi connectivity index (χ4v) is 3.01. The number of hydrogen-bond donors (Lipinski definition) is 1. The Morgan fingerprint density at radius 2 is 2.24 bits per heavy atom. The minimum atomic E-state index is -0.686. The SMILES string of the molecule is COC1N=c2cccc(N)c2=C(c2csc(C)n2)C1=C=O. The largest absolute Gasteiger partial charge is 0.398 e. The highest BCUT2D eigenvalue weighted by molar-refractivity contribution is 7.09. The van der Waals surface area contributed by atoms with E-state index in [1.807, 2.05) is 30.4 Å². The standard InChI is InChI=1S/C15H13N3O2S/c1-8-17-12(7-21-8)13-9(6-19)15(20-2)18-11-5-3-4-10(16)14(11)13/h3-5,7,15H,16H2,1-2H3. The molecule has 1 aromatic carbocycles. The van der Waals surface area contributed by atoms with Gasteiger partial charge in [-0.1, -0.05) is 6.07 Å². The number of methoxy groups -OCH3 is 1. The van der Waals surface area contributed by atoms with E-state index >= 15 is 0 Å². The van der Waals surface area contributed by atoms with Gasteiger partial charge >= 0.3 is 0 Å². The average Bonchev–Trinajstić information content (AvgIpc) is 2.91. The number of nitrogens with zero attached hydrogens (tertiary/aromatic N) is 2. The van der Waals surface area contributed by atoms with Gasteiger partial charge < -0.3 is 10.5 Å². The number of thiazole rings is 1. The molecule has 106 valence electrons. The van der Waals surface area contributed by atoms with Crippen LogP contribution in [-0.4, -0.2) is 24.3 Å². The Bertz CT molecular complexity index is 879. The van der Waals surface area contributed by atoms with Crippen LogP contribution in [0.1, 0.15) is 10.7 Å². The smallest absolute Gasteiger partial charge is 0.185 e. The highest BCUT2D eigenvalue weighted by Gasteiger charge is 2.26. The van der Waals surface area contributed by atoms with E-state index in [0.717, 1.165) is 10.2 Å². The third kappa shape index (κ3) is 2.19. The molecule has 1 aromatic heterocycles. The predicted octanol–water partition coefficient (Wildman–Crippen LogP) is 0.596. The molecule has 0 amide bonds. The van der Waals surface area contributed by atoms with Gasteiger partial charge in [-0.2, -0.15) is 0 Å². The molecule has 2 aromatic rings. The van der Waals surface area contributed by atoms with Crippen LogP contribution in [0.2, 0.25) is 0 Å². The van der Waals surface area contributed by atoms with Crippen molar-refractivity contribution in [3.8, 4) is 0 Å². The van der Waals surface area contributed by atoms with E-state index < -0.39 is 6.23 Å². The molecule has 0 radical (unpaired) electrons. The normalized spacial score (nSPS) is 17.1. The van der Waals surface area contributed by atoms with Gasteiger partial charge in [0.1, 0.15) is 5.94 Å². The van der Waals surface area contributed by atoms with Crippen LogP contribution >= 0.6 is 11.3 Å². The van der Waals surface area contributed by atoms with Gasteiger partial charge in [-0.15, -0.1) is 11.3 Å². The number of nitrogens with two attached hydrogens (primary N) is 1. The van der Waals surface area contributed by atoms with E-state index in [9.17, 15) is 4.79 Å². The van der Waals surface area contributed by atoms with Crippen LogP contribution in [0.3, 0.4) is 0 Å². The van der Waals surface area contributed by atoms with Crippen molar-refractivity contribution in [2.75, 3.05) is 12.8 Å². The molecule has 1 unspecified atom stereocenters. The first-order chi connectivity index (χ1) is 10.2. The van der Waals surface area contributed by atoms with Crippen molar-refractivity contribution in [1.29, 1.82) is 0 Å². The second-order valence-electron chi connectivity index (χ2n) is 4.60. The maximum atomic E-state index is 11.5. The zero-order valence-electron chi connectivity index (χ0n) is 11.6. The van der Waals surface area contributed by atoms with Crippen molar-refractivity contribution in [2.45, 2.75) is 13.2 Å². The molecular formula is C15H13N3O2S. The Kier molecular flexibility index (Phi) is 3.43. The minimum absolute atomic E-state index is 0.327. The number of fused-ring (bicyclic) bond motifs is 1. The maximum Gasteiger partial charge on any atom is 0.185 e. The first-order valence-electron chi connectivity index (χ1n) is 6.33. The van der Waals surface area contributed by atoms with Crippen LogP contribution in [0.25, 0.3) is 5.57 Å². The molecule has 0 saturated heterocycles. The summed E-state index contributed by atoms with van der Waals surface area (Å²) in [5, 5.41) is 4.22. The van der Waals surface area contributed by atoms with Crippen molar-refractivity contribution < 1.29 is 9.53 Å². The third-order valence-electron chi connectivity index (χ3n) is 3.31. The van der Waals surface area contributed by atoms with Crippen molar-refractivity contribution in [3.63, 3.8) is 0 Å². The molecule has 1 aliphatic heterocycles. The molecule has 6 heteroatoms. The van der Waals surface area contributed by atoms with Gasteiger partial charge in [-0.3, -0.25) is 0 Å². The van der Waals surface area contributed by atoms with Crippen molar-refractivity contribution in [2.24, 2.45) is 4.99 Å². The Morgan fingerprint density at radius 1 is 1.43 bits per heavy atom. The lowest BCUT2D eigenvalue weighted by molar-refractivity contribution is 0.139. The summed E-state index contributed by atoms with van der Waals surface area (Å²) in [5.74, 6) is 1.95. The summed E-state index contributed by atoms with van der Waals surface area (Å²) in [4.78, 5) is 20.3. The highest BCUT2D eigenvalue weighted by Crippen LogP contribution is 2.26. The molecule has 21 heavy (non-hydrogen) atoms. The second-order valence-corrected chi connectivity index (χ2v) is 5.66. The molecule has 2 N–H and O–H groups in total. The second kappa shape index (κ2) is 5.26. The molecule has 0 bridgehead atoms. The monoisotopic (exact) mass is 299 g/mol. The molecule has 1 atom stereocenters. The zero-order valence-corrected chi connectivity index (χ0v) is 12.4. The van der Waals surface area contributed by atoms with Crippen LogP contribution < -0.4 is 16.3 Å². The van der Waals surface area contributed by atoms with E-state index in [1.54, 1.807) is 6.07 Å². The molecule has 0 spiro atoms. The molecule has 2 heterocycles. The van der Waals surface area contributed by atoms with Crippen molar-refractivity contribution in [3.05, 3.63) is 50.4 Å². The van der Waals surface area contributed by atoms with E-state index in [2.05, 4.69) is 9.98 Å². The van der Waals surface area contributed by atoms with Crippen molar-refractivity contribution >= 4 is 28.5 Å². The highest BCUT2D eigenvalue weighted by atomic mass is 32.1. The lowest BCUT2D eigenvalue weighted by Gasteiger charge is -2.18. The topological polar surface area (TPSA) is 77.6 Å². The lowest BCUT2D eigenvalue weighted by Crippen LogP contribution is -2.38. The Hall–Kier alpha value is -2.27. The van der Waals surface area contributed by atoms with Gasteiger partial charge in [0.25, 0.3) is 0 Å². The van der Waals surface area contributed by atoms with Crippen LogP contribution in [0.5, 0.6) is 0 Å². The zero-order chi connectivity index (χ0) is 15.0. The number of rotatable bonds is 2. The molecular weight excluding hydrogens is 286 g/mol. The summed E-state index contributed by atoms with van der Waals surface area (Å²) >= 11 is 1.51. The van der Waals surface area contributed by atoms with Gasteiger partial charge in [0.2, 0.25) is 0 Å². The maximum absolute atomic E-state index is 11.5. The Labute approximate surface area is 125 Å². The number of aryl methyl sites for hydroxylation is 1. The van der Waals surface area contributed by atoms with Gasteiger partial charge in [-0.05, 0) is 19.1 Å². The average molecular weight is 299 g/mol. The molecule has 5 nitrogen and oxygen atoms in total. The number of carbonyl (C=O) groups excluding carboxylic acids is 1. The number of benzene rings is 1. The molecule has 0 aliphatic carbocycles. The third-order valence-corrected chi connectivity index (χ3v) is 4.08. The summed E-state index contributed by atoms with van der Waals surface area (Å²) in [6.45, 7) is 1.91. The first-order valence-corrected chi connectivity index (χ1v) is 7.21. The summed E-state index contributed by atoms with van der Waals surface area (Å²) in [5.41, 5.74) is 8.33. The van der Waals surface area contributed by atoms with Crippen molar-refractivity contribution in [1.82, 2.24) is 4.98 Å². The fourth-order valence-electron chi connectivity index (χ4n) is 2.40. The number of hydrogen-bond acceptors (Lipinski definition) is 6. The summed E-state index contributed by atoms with van der Waals surface area (Å²) in [6, 6.07) is 5.45. The van der Waals surface area contributed by atoms with Crippen LogP contribution in [0.15, 0.2) is 34.1 Å². The molecule has 0 saturated carbocycles.